The van der Waals surface area contributed by atoms with E-state index >= 15 is 0 Å². The van der Waals surface area contributed by atoms with Gasteiger partial charge in [-0.3, -0.25) is 19.2 Å². The smallest absolute Gasteiger partial charge is 0.507 e. The Labute approximate surface area is 241 Å². The van der Waals surface area contributed by atoms with Crippen molar-refractivity contribution in [3.05, 3.63) is 54.2 Å². The molecule has 1 aromatic carbocycles. The summed E-state index contributed by atoms with van der Waals surface area (Å²) in [6.07, 6.45) is -2.11. The van der Waals surface area contributed by atoms with Crippen molar-refractivity contribution in [2.24, 2.45) is 5.92 Å². The number of benzene rings is 1. The van der Waals surface area contributed by atoms with E-state index < -0.39 is 54.4 Å². The molecular weight excluding hydrogens is 525 g/mol. The van der Waals surface area contributed by atoms with E-state index in [9.17, 15) is 24.3 Å². The maximum Gasteiger partial charge on any atom is 0.531 e. The van der Waals surface area contributed by atoms with Crippen LogP contribution in [0.15, 0.2) is 48.5 Å². The highest BCUT2D eigenvalue weighted by atomic mass is 16.7. The van der Waals surface area contributed by atoms with Crippen LogP contribution in [0.5, 0.6) is 0 Å². The van der Waals surface area contributed by atoms with Crippen LogP contribution in [-0.2, 0) is 23.7 Å². The molecule has 3 N–H and O–H groups in total. The second kappa shape index (κ2) is 13.9. The van der Waals surface area contributed by atoms with Crippen LogP contribution < -0.4 is 10.6 Å². The van der Waals surface area contributed by atoms with E-state index in [1.165, 1.54) is 13.0 Å². The summed E-state index contributed by atoms with van der Waals surface area (Å²) in [5.74, 6) is -2.46. The maximum absolute atomic E-state index is 13.4. The molecule has 1 fully saturated rings. The van der Waals surface area contributed by atoms with Gasteiger partial charge >= 0.3 is 13.1 Å². The number of Topliss-reactive ketones (excluding diaryl/α,β-unsaturated/α-hetero) is 1. The van der Waals surface area contributed by atoms with Crippen molar-refractivity contribution in [3.8, 4) is 11.3 Å². The molecular formula is C30H40BN3O7. The van der Waals surface area contributed by atoms with Gasteiger partial charge in [-0.25, -0.2) is 4.98 Å². The fourth-order valence-electron chi connectivity index (χ4n) is 4.71. The summed E-state index contributed by atoms with van der Waals surface area (Å²) in [5, 5.41) is 15.8. The van der Waals surface area contributed by atoms with Gasteiger partial charge < -0.3 is 25.0 Å². The molecule has 0 aliphatic carbocycles. The number of rotatable bonds is 12. The molecule has 41 heavy (non-hydrogen) atoms. The van der Waals surface area contributed by atoms with Crippen LogP contribution in [-0.4, -0.2) is 64.6 Å². The molecule has 0 bridgehead atoms. The number of carbonyl (C=O) groups excluding carboxylic acids is 4. The Balaban J connectivity index is 1.70. The predicted octanol–water partition coefficient (Wildman–Crippen LogP) is 3.34. The molecule has 1 aromatic heterocycles. The molecule has 0 unspecified atom stereocenters. The standard InChI is InChI=1S/C30H40BN3O7/c1-18(2)15-21(31-40-25(29(39)41-31)17-26(37)34-30(4,5)6)16-24(36)27(19(3)35)33-28(38)23-14-10-13-22(32-23)20-11-8-7-9-12-20/h7-14,18-19,21,25,27,35H,15-17H2,1-6H3,(H,33,38)(H,34,37)/t19-,21-,25-,27+/m1/s1. The van der Waals surface area contributed by atoms with E-state index in [2.05, 4.69) is 15.6 Å². The number of nitrogens with zero attached hydrogens (tertiary/aromatic N) is 1. The average Bonchev–Trinajstić information content (AvgIpc) is 3.25. The average molecular weight is 565 g/mol. The number of hydrogen-bond donors (Lipinski definition) is 3. The van der Waals surface area contributed by atoms with Crippen LogP contribution in [0.2, 0.25) is 5.82 Å². The summed E-state index contributed by atoms with van der Waals surface area (Å²) in [5.41, 5.74) is 1.07. The number of carbonyl (C=O) groups is 4. The predicted molar refractivity (Wildman–Crippen MR) is 155 cm³/mol. The van der Waals surface area contributed by atoms with Crippen molar-refractivity contribution < 1.29 is 33.6 Å². The quantitative estimate of drug-likeness (QED) is 0.333. The third kappa shape index (κ3) is 9.50. The molecule has 4 atom stereocenters. The van der Waals surface area contributed by atoms with Crippen LogP contribution in [0, 0.1) is 5.92 Å². The number of pyridine rings is 1. The highest BCUT2D eigenvalue weighted by Crippen LogP contribution is 2.32. The lowest BCUT2D eigenvalue weighted by molar-refractivity contribution is -0.139. The van der Waals surface area contributed by atoms with Crippen LogP contribution in [0.4, 0.5) is 0 Å². The zero-order valence-corrected chi connectivity index (χ0v) is 24.5. The first-order chi connectivity index (χ1) is 19.2. The number of aliphatic hydroxyl groups is 1. The summed E-state index contributed by atoms with van der Waals surface area (Å²) >= 11 is 0. The normalized spacial score (nSPS) is 17.5. The first-order valence-electron chi connectivity index (χ1n) is 13.9. The van der Waals surface area contributed by atoms with Crippen molar-refractivity contribution in [2.75, 3.05) is 0 Å². The van der Waals surface area contributed by atoms with Crippen molar-refractivity contribution in [3.63, 3.8) is 0 Å². The molecule has 0 radical (unpaired) electrons. The van der Waals surface area contributed by atoms with Gasteiger partial charge in [0, 0.05) is 23.3 Å². The summed E-state index contributed by atoms with van der Waals surface area (Å²) in [6, 6.07) is 13.2. The van der Waals surface area contributed by atoms with E-state index in [4.69, 9.17) is 9.31 Å². The van der Waals surface area contributed by atoms with Gasteiger partial charge in [-0.15, -0.1) is 0 Å². The van der Waals surface area contributed by atoms with Gasteiger partial charge in [-0.05, 0) is 52.2 Å². The van der Waals surface area contributed by atoms with E-state index in [0.29, 0.717) is 12.1 Å². The largest absolute Gasteiger partial charge is 0.531 e. The summed E-state index contributed by atoms with van der Waals surface area (Å²) in [6.45, 7) is 10.8. The fourth-order valence-corrected chi connectivity index (χ4v) is 4.71. The van der Waals surface area contributed by atoms with Gasteiger partial charge in [-0.2, -0.15) is 0 Å². The van der Waals surface area contributed by atoms with E-state index in [0.717, 1.165) is 5.56 Å². The Morgan fingerprint density at radius 1 is 1.05 bits per heavy atom. The highest BCUT2D eigenvalue weighted by Gasteiger charge is 2.47. The van der Waals surface area contributed by atoms with Crippen molar-refractivity contribution in [1.29, 1.82) is 0 Å². The summed E-state index contributed by atoms with van der Waals surface area (Å²) in [4.78, 5) is 55.8. The first-order valence-corrected chi connectivity index (χ1v) is 13.9. The molecule has 2 heterocycles. The second-order valence-corrected chi connectivity index (χ2v) is 12.0. The first kappa shape index (κ1) is 32.0. The van der Waals surface area contributed by atoms with Gasteiger partial charge in [0.15, 0.2) is 5.78 Å². The third-order valence-electron chi connectivity index (χ3n) is 6.47. The molecule has 11 heteroatoms. The second-order valence-electron chi connectivity index (χ2n) is 12.0. The monoisotopic (exact) mass is 565 g/mol. The zero-order chi connectivity index (χ0) is 30.3. The van der Waals surface area contributed by atoms with E-state index in [-0.39, 0.29) is 30.4 Å². The van der Waals surface area contributed by atoms with Crippen LogP contribution in [0.1, 0.15) is 71.3 Å². The minimum atomic E-state index is -1.22. The van der Waals surface area contributed by atoms with Crippen molar-refractivity contribution in [1.82, 2.24) is 15.6 Å². The fraction of sp³-hybridized carbons (Fsp3) is 0.500. The van der Waals surface area contributed by atoms with Crippen LogP contribution in [0.25, 0.3) is 11.3 Å². The molecule has 0 spiro atoms. The maximum atomic E-state index is 13.4. The Morgan fingerprint density at radius 3 is 2.34 bits per heavy atom. The number of ketones is 1. The van der Waals surface area contributed by atoms with Gasteiger partial charge in [0.1, 0.15) is 17.8 Å². The van der Waals surface area contributed by atoms with Crippen LogP contribution >= 0.6 is 0 Å². The minimum Gasteiger partial charge on any atom is -0.507 e. The molecule has 2 aromatic rings. The van der Waals surface area contributed by atoms with E-state index in [1.807, 2.05) is 65.0 Å². The van der Waals surface area contributed by atoms with Crippen LogP contribution in [0.3, 0.4) is 0 Å². The number of amides is 2. The molecule has 3 rings (SSSR count). The van der Waals surface area contributed by atoms with Crippen molar-refractivity contribution >= 4 is 30.7 Å². The molecule has 10 nitrogen and oxygen atoms in total. The van der Waals surface area contributed by atoms with E-state index in [1.54, 1.807) is 12.1 Å². The molecule has 1 saturated heterocycles. The Hall–Kier alpha value is -3.57. The topological polar surface area (TPSA) is 144 Å². The number of hydrogen-bond acceptors (Lipinski definition) is 8. The lowest BCUT2D eigenvalue weighted by Gasteiger charge is -2.24. The summed E-state index contributed by atoms with van der Waals surface area (Å²) in [7, 11) is -1.03. The van der Waals surface area contributed by atoms with Gasteiger partial charge in [0.25, 0.3) is 5.91 Å². The number of aromatic nitrogens is 1. The highest BCUT2D eigenvalue weighted by molar-refractivity contribution is 6.51. The molecule has 0 saturated carbocycles. The molecule has 2 amide bonds. The Bertz CT molecular complexity index is 1230. The molecule has 220 valence electrons. The van der Waals surface area contributed by atoms with Gasteiger partial charge in [0.2, 0.25) is 5.91 Å². The van der Waals surface area contributed by atoms with Gasteiger partial charge in [0.05, 0.1) is 18.2 Å². The van der Waals surface area contributed by atoms with Crippen molar-refractivity contribution in [2.45, 2.75) is 90.4 Å². The number of nitrogens with one attached hydrogen (secondary N) is 2. The third-order valence-corrected chi connectivity index (χ3v) is 6.47. The molecule has 1 aliphatic heterocycles. The van der Waals surface area contributed by atoms with Gasteiger partial charge in [-0.1, -0.05) is 50.2 Å². The summed E-state index contributed by atoms with van der Waals surface area (Å²) < 4.78 is 11.3. The Morgan fingerprint density at radius 2 is 1.73 bits per heavy atom. The lowest BCUT2D eigenvalue weighted by Crippen LogP contribution is -2.48. The molecule has 1 aliphatic rings. The minimum absolute atomic E-state index is 0.105. The number of aliphatic hydroxyl groups excluding tert-OH is 1. The Kier molecular flexibility index (Phi) is 10.8. The SMILES string of the molecule is CC(C)C[C@H](CC(=O)[C@@H](NC(=O)c1cccc(-c2ccccc2)n1)[C@@H](C)O)B1OC(=O)[C@@H](CC(=O)NC(C)(C)C)O1. The zero-order valence-electron chi connectivity index (χ0n) is 24.5. The lowest BCUT2D eigenvalue weighted by atomic mass is 9.65.